The zero-order chi connectivity index (χ0) is 24.2. The van der Waals surface area contributed by atoms with Crippen LogP contribution >= 0.6 is 11.5 Å². The smallest absolute Gasteiger partial charge is 0.273 e. The summed E-state index contributed by atoms with van der Waals surface area (Å²) in [6, 6.07) is 5.71. The maximum atomic E-state index is 13.2. The highest BCUT2D eigenvalue weighted by molar-refractivity contribution is 7.03. The van der Waals surface area contributed by atoms with Gasteiger partial charge in [0.15, 0.2) is 0 Å². The van der Waals surface area contributed by atoms with Crippen LogP contribution in [0.2, 0.25) is 0 Å². The van der Waals surface area contributed by atoms with E-state index in [-0.39, 0.29) is 23.2 Å². The van der Waals surface area contributed by atoms with Crippen LogP contribution in [0, 0.1) is 5.92 Å². The molecule has 0 radical (unpaired) electrons. The number of hydrogen-bond acceptors (Lipinski definition) is 7. The van der Waals surface area contributed by atoms with Gasteiger partial charge in [0.2, 0.25) is 5.88 Å². The molecule has 0 aromatic carbocycles. The van der Waals surface area contributed by atoms with Crippen molar-refractivity contribution in [3.63, 3.8) is 0 Å². The van der Waals surface area contributed by atoms with Crippen molar-refractivity contribution in [3.05, 3.63) is 57.6 Å². The second-order valence-electron chi connectivity index (χ2n) is 9.26. The molecule has 1 fully saturated rings. The fourth-order valence-electron chi connectivity index (χ4n) is 4.60. The number of primary amides is 1. The van der Waals surface area contributed by atoms with Crippen molar-refractivity contribution in [2.24, 2.45) is 11.7 Å². The monoisotopic (exact) mass is 481 g/mol. The molecule has 0 spiro atoms. The van der Waals surface area contributed by atoms with E-state index in [1.807, 2.05) is 34.5 Å². The number of nitrogens with one attached hydrogen (secondary N) is 1. The van der Waals surface area contributed by atoms with Gasteiger partial charge in [-0.05, 0) is 61.2 Å². The molecule has 180 valence electrons. The van der Waals surface area contributed by atoms with Crippen LogP contribution in [0.5, 0.6) is 5.88 Å². The Morgan fingerprint density at radius 1 is 1.26 bits per heavy atom. The number of methoxy groups -OCH3 is 1. The number of hydrogen-bond donors (Lipinski definition) is 2. The number of aromatic nitrogens is 3. The minimum atomic E-state index is -0.568. The molecule has 3 aromatic rings. The lowest BCUT2D eigenvalue weighted by Gasteiger charge is -2.30. The van der Waals surface area contributed by atoms with Gasteiger partial charge in [0.25, 0.3) is 11.5 Å². The van der Waals surface area contributed by atoms with E-state index in [9.17, 15) is 9.59 Å². The molecule has 1 saturated carbocycles. The molecular formula is C25H31N5O3S. The van der Waals surface area contributed by atoms with Crippen molar-refractivity contribution in [2.45, 2.75) is 58.0 Å². The summed E-state index contributed by atoms with van der Waals surface area (Å²) in [6.45, 7) is 4.89. The lowest BCUT2D eigenvalue weighted by atomic mass is 9.82. The Morgan fingerprint density at radius 2 is 2.03 bits per heavy atom. The second kappa shape index (κ2) is 10.4. The Hall–Kier alpha value is -3.20. The molecule has 0 aliphatic heterocycles. The van der Waals surface area contributed by atoms with Gasteiger partial charge in [-0.3, -0.25) is 9.59 Å². The van der Waals surface area contributed by atoms with Crippen LogP contribution in [0.1, 0.15) is 61.5 Å². The van der Waals surface area contributed by atoms with E-state index in [0.717, 1.165) is 42.4 Å². The van der Waals surface area contributed by atoms with E-state index in [1.165, 1.54) is 11.5 Å². The molecule has 0 unspecified atom stereocenters. The first kappa shape index (κ1) is 23.9. The Kier molecular flexibility index (Phi) is 7.31. The number of anilines is 1. The number of carbonyl (C=O) groups excluding carboxylic acids is 1. The topological polar surface area (TPSA) is 112 Å². The SMILES string of the molecule is COc1nc(C(N)=O)ccc1[C@H]1CC[C@@H](Nc2cc(-c3cnsc3)cn(CC(C)C)c2=O)CC1. The summed E-state index contributed by atoms with van der Waals surface area (Å²) in [5.41, 5.74) is 9.22. The van der Waals surface area contributed by atoms with Crippen LogP contribution in [0.3, 0.4) is 0 Å². The van der Waals surface area contributed by atoms with Crippen molar-refractivity contribution >= 4 is 23.1 Å². The zero-order valence-electron chi connectivity index (χ0n) is 19.8. The summed E-state index contributed by atoms with van der Waals surface area (Å²) in [4.78, 5) is 28.9. The molecular weight excluding hydrogens is 450 g/mol. The number of ether oxygens (including phenoxy) is 1. The first-order valence-corrected chi connectivity index (χ1v) is 12.4. The highest BCUT2D eigenvalue weighted by Crippen LogP contribution is 2.37. The van der Waals surface area contributed by atoms with E-state index in [4.69, 9.17) is 10.5 Å². The molecule has 9 heteroatoms. The van der Waals surface area contributed by atoms with E-state index in [1.54, 1.807) is 13.2 Å². The Balaban J connectivity index is 1.50. The van der Waals surface area contributed by atoms with E-state index in [2.05, 4.69) is 28.5 Å². The molecule has 3 heterocycles. The van der Waals surface area contributed by atoms with Gasteiger partial charge >= 0.3 is 0 Å². The molecule has 3 N–H and O–H groups in total. The Labute approximate surface area is 203 Å². The average molecular weight is 482 g/mol. The van der Waals surface area contributed by atoms with Gasteiger partial charge in [-0.1, -0.05) is 19.9 Å². The van der Waals surface area contributed by atoms with E-state index < -0.39 is 5.91 Å². The van der Waals surface area contributed by atoms with Gasteiger partial charge in [0, 0.05) is 47.1 Å². The summed E-state index contributed by atoms with van der Waals surface area (Å²) < 4.78 is 11.5. The van der Waals surface area contributed by atoms with Crippen molar-refractivity contribution in [3.8, 4) is 17.0 Å². The number of carbonyl (C=O) groups is 1. The van der Waals surface area contributed by atoms with E-state index in [0.29, 0.717) is 24.0 Å². The second-order valence-corrected chi connectivity index (χ2v) is 9.92. The van der Waals surface area contributed by atoms with Crippen LogP contribution in [-0.2, 0) is 6.54 Å². The predicted molar refractivity (Wildman–Crippen MR) is 135 cm³/mol. The average Bonchev–Trinajstić information content (AvgIpc) is 3.36. The first-order chi connectivity index (χ1) is 16.4. The Bertz CT molecular complexity index is 1200. The third-order valence-corrected chi connectivity index (χ3v) is 6.86. The normalized spacial score (nSPS) is 18.1. The van der Waals surface area contributed by atoms with Crippen LogP contribution < -0.4 is 21.3 Å². The summed E-state index contributed by atoms with van der Waals surface area (Å²) in [7, 11) is 1.56. The van der Waals surface area contributed by atoms with Gasteiger partial charge in [0.05, 0.1) is 7.11 Å². The molecule has 34 heavy (non-hydrogen) atoms. The maximum Gasteiger partial charge on any atom is 0.273 e. The minimum absolute atomic E-state index is 0.00988. The first-order valence-electron chi connectivity index (χ1n) is 11.6. The van der Waals surface area contributed by atoms with Gasteiger partial charge in [-0.15, -0.1) is 0 Å². The number of rotatable bonds is 8. The maximum absolute atomic E-state index is 13.2. The third-order valence-electron chi connectivity index (χ3n) is 6.28. The van der Waals surface area contributed by atoms with Crippen LogP contribution in [0.4, 0.5) is 5.69 Å². The van der Waals surface area contributed by atoms with E-state index >= 15 is 0 Å². The van der Waals surface area contributed by atoms with Gasteiger partial charge in [-0.25, -0.2) is 9.36 Å². The van der Waals surface area contributed by atoms with Gasteiger partial charge in [0.1, 0.15) is 11.4 Å². The molecule has 1 aliphatic rings. The summed E-state index contributed by atoms with van der Waals surface area (Å²) in [6.07, 6.45) is 7.46. The molecule has 4 rings (SSSR count). The molecule has 3 aromatic heterocycles. The lowest BCUT2D eigenvalue weighted by Crippen LogP contribution is -2.31. The van der Waals surface area contributed by atoms with Crippen molar-refractivity contribution in [1.29, 1.82) is 0 Å². The van der Waals surface area contributed by atoms with Crippen LogP contribution in [0.15, 0.2) is 40.8 Å². The molecule has 1 amide bonds. The summed E-state index contributed by atoms with van der Waals surface area (Å²) in [5, 5.41) is 5.53. The highest BCUT2D eigenvalue weighted by Gasteiger charge is 2.26. The van der Waals surface area contributed by atoms with Gasteiger partial charge in [-0.2, -0.15) is 0 Å². The molecule has 0 atom stereocenters. The quantitative estimate of drug-likeness (QED) is 0.497. The van der Waals surface area contributed by atoms with Gasteiger partial charge < -0.3 is 20.4 Å². The van der Waals surface area contributed by atoms with Crippen molar-refractivity contribution in [2.75, 3.05) is 12.4 Å². The molecule has 1 aliphatic carbocycles. The van der Waals surface area contributed by atoms with Crippen molar-refractivity contribution < 1.29 is 9.53 Å². The zero-order valence-corrected chi connectivity index (χ0v) is 20.6. The lowest BCUT2D eigenvalue weighted by molar-refractivity contribution is 0.0994. The summed E-state index contributed by atoms with van der Waals surface area (Å²) in [5.74, 6) is 0.535. The van der Waals surface area contributed by atoms with Crippen LogP contribution in [0.25, 0.3) is 11.1 Å². The highest BCUT2D eigenvalue weighted by atomic mass is 32.1. The summed E-state index contributed by atoms with van der Waals surface area (Å²) >= 11 is 1.40. The largest absolute Gasteiger partial charge is 0.481 e. The number of nitrogens with two attached hydrogens (primary N) is 1. The minimum Gasteiger partial charge on any atom is -0.481 e. The standard InChI is InChI=1S/C25H31N5O3S/c1-15(2)12-30-13-17(18-11-27-34-14-18)10-22(25(30)32)28-19-6-4-16(5-7-19)20-8-9-21(23(26)31)29-24(20)33-3/h8-11,13-16,19,28H,4-7,12H2,1-3H3,(H2,26,31)/t16-,19+. The predicted octanol–water partition coefficient (Wildman–Crippen LogP) is 4.27. The Morgan fingerprint density at radius 3 is 2.65 bits per heavy atom. The number of pyridine rings is 2. The molecule has 8 nitrogen and oxygen atoms in total. The molecule has 0 saturated heterocycles. The number of amides is 1. The fourth-order valence-corrected chi connectivity index (χ4v) is 5.15. The fraction of sp³-hybridized carbons (Fsp3) is 0.440. The van der Waals surface area contributed by atoms with Crippen LogP contribution in [-0.4, -0.2) is 33.0 Å². The number of nitrogens with zero attached hydrogens (tertiary/aromatic N) is 3. The van der Waals surface area contributed by atoms with Crippen molar-refractivity contribution in [1.82, 2.24) is 13.9 Å². The molecule has 0 bridgehead atoms. The third kappa shape index (κ3) is 5.30.